The van der Waals surface area contributed by atoms with E-state index in [9.17, 15) is 5.11 Å². The van der Waals surface area contributed by atoms with Crippen LogP contribution in [0.25, 0.3) is 0 Å². The Morgan fingerprint density at radius 3 is 2.85 bits per heavy atom. The van der Waals surface area contributed by atoms with E-state index in [-0.39, 0.29) is 0 Å². The van der Waals surface area contributed by atoms with Gasteiger partial charge in [-0.3, -0.25) is 4.99 Å². The van der Waals surface area contributed by atoms with Crippen LogP contribution in [0.1, 0.15) is 26.2 Å². The van der Waals surface area contributed by atoms with Gasteiger partial charge in [-0.05, 0) is 37.9 Å². The molecule has 2 aliphatic rings. The predicted octanol–water partition coefficient (Wildman–Crippen LogP) is 0.836. The van der Waals surface area contributed by atoms with Gasteiger partial charge < -0.3 is 20.5 Å². The van der Waals surface area contributed by atoms with E-state index in [1.807, 2.05) is 11.8 Å². The summed E-state index contributed by atoms with van der Waals surface area (Å²) in [6, 6.07) is 0. The number of thioether (sulfide) groups is 1. The van der Waals surface area contributed by atoms with Crippen LogP contribution in [0, 0.1) is 5.92 Å². The molecule has 2 fully saturated rings. The molecule has 6 heteroatoms. The Balaban J connectivity index is 1.78. The van der Waals surface area contributed by atoms with Crippen molar-refractivity contribution >= 4 is 17.7 Å². The maximum Gasteiger partial charge on any atom is 0.191 e. The van der Waals surface area contributed by atoms with Gasteiger partial charge >= 0.3 is 0 Å². The van der Waals surface area contributed by atoms with E-state index in [4.69, 9.17) is 4.74 Å². The molecule has 2 rings (SSSR count). The zero-order valence-corrected chi connectivity index (χ0v) is 13.2. The van der Waals surface area contributed by atoms with Gasteiger partial charge in [0.05, 0.1) is 12.1 Å². The van der Waals surface area contributed by atoms with Crippen LogP contribution >= 0.6 is 11.8 Å². The third-order valence-electron chi connectivity index (χ3n) is 3.86. The molecule has 3 N–H and O–H groups in total. The summed E-state index contributed by atoms with van der Waals surface area (Å²) >= 11 is 1.81. The number of aliphatic imine (C=N–C) groups is 1. The largest absolute Gasteiger partial charge is 0.387 e. The van der Waals surface area contributed by atoms with Gasteiger partial charge in [-0.15, -0.1) is 0 Å². The number of aliphatic hydroxyl groups is 1. The molecule has 0 amide bonds. The van der Waals surface area contributed by atoms with Crippen molar-refractivity contribution in [3.63, 3.8) is 0 Å². The fraction of sp³-hybridized carbons (Fsp3) is 0.929. The first-order chi connectivity index (χ1) is 9.72. The lowest BCUT2D eigenvalue weighted by atomic mass is 10.0. The molecular formula is C14H27N3O2S. The Hall–Kier alpha value is -0.460. The van der Waals surface area contributed by atoms with E-state index in [0.29, 0.717) is 12.5 Å². The topological polar surface area (TPSA) is 65.9 Å². The summed E-state index contributed by atoms with van der Waals surface area (Å²) in [6.45, 7) is 6.07. The zero-order chi connectivity index (χ0) is 14.3. The Morgan fingerprint density at radius 1 is 1.40 bits per heavy atom. The monoisotopic (exact) mass is 301 g/mol. The average molecular weight is 301 g/mol. The first-order valence-electron chi connectivity index (χ1n) is 7.62. The normalized spacial score (nSPS) is 28.6. The predicted molar refractivity (Wildman–Crippen MR) is 84.4 cm³/mol. The van der Waals surface area contributed by atoms with Crippen LogP contribution in [0.15, 0.2) is 4.99 Å². The summed E-state index contributed by atoms with van der Waals surface area (Å²) in [6.07, 6.45) is 3.08. The molecule has 0 aromatic rings. The van der Waals surface area contributed by atoms with Crippen molar-refractivity contribution in [2.75, 3.05) is 44.4 Å². The molecule has 0 radical (unpaired) electrons. The Kier molecular flexibility index (Phi) is 6.45. The second-order valence-electron chi connectivity index (χ2n) is 5.66. The molecule has 0 bridgehead atoms. The number of hydrogen-bond acceptors (Lipinski definition) is 4. The number of guanidine groups is 1. The second kappa shape index (κ2) is 8.10. The molecule has 20 heavy (non-hydrogen) atoms. The van der Waals surface area contributed by atoms with Crippen LogP contribution in [0.3, 0.4) is 0 Å². The number of nitrogens with zero attached hydrogens (tertiary/aromatic N) is 1. The number of rotatable bonds is 5. The molecule has 0 aromatic carbocycles. The first-order valence-corrected chi connectivity index (χ1v) is 8.77. The maximum atomic E-state index is 10.3. The van der Waals surface area contributed by atoms with Gasteiger partial charge in [0.25, 0.3) is 0 Å². The van der Waals surface area contributed by atoms with Gasteiger partial charge in [-0.1, -0.05) is 0 Å². The first kappa shape index (κ1) is 15.9. The van der Waals surface area contributed by atoms with Crippen LogP contribution in [0.4, 0.5) is 0 Å². The van der Waals surface area contributed by atoms with Crippen molar-refractivity contribution in [2.45, 2.75) is 31.8 Å². The highest BCUT2D eigenvalue weighted by atomic mass is 32.2. The fourth-order valence-electron chi connectivity index (χ4n) is 2.48. The molecule has 5 nitrogen and oxygen atoms in total. The molecule has 0 spiro atoms. The van der Waals surface area contributed by atoms with Crippen molar-refractivity contribution in [1.29, 1.82) is 0 Å². The highest BCUT2D eigenvalue weighted by molar-refractivity contribution is 7.99. The summed E-state index contributed by atoms with van der Waals surface area (Å²) in [5.74, 6) is 3.33. The van der Waals surface area contributed by atoms with E-state index < -0.39 is 5.60 Å². The van der Waals surface area contributed by atoms with Gasteiger partial charge in [0.2, 0.25) is 0 Å². The van der Waals surface area contributed by atoms with E-state index >= 15 is 0 Å². The van der Waals surface area contributed by atoms with Gasteiger partial charge in [0.15, 0.2) is 5.96 Å². The minimum absolute atomic E-state index is 0.489. The summed E-state index contributed by atoms with van der Waals surface area (Å²) < 4.78 is 5.37. The highest BCUT2D eigenvalue weighted by Crippen LogP contribution is 2.27. The van der Waals surface area contributed by atoms with E-state index in [0.717, 1.165) is 63.0 Å². The van der Waals surface area contributed by atoms with Gasteiger partial charge in [-0.2, -0.15) is 11.8 Å². The van der Waals surface area contributed by atoms with Crippen molar-refractivity contribution in [3.05, 3.63) is 0 Å². The molecule has 0 aliphatic carbocycles. The Morgan fingerprint density at radius 2 is 2.20 bits per heavy atom. The molecule has 0 saturated carbocycles. The summed E-state index contributed by atoms with van der Waals surface area (Å²) in [5.41, 5.74) is -0.605. The van der Waals surface area contributed by atoms with Crippen LogP contribution in [-0.2, 0) is 4.74 Å². The zero-order valence-electron chi connectivity index (χ0n) is 12.4. The lowest BCUT2D eigenvalue weighted by molar-refractivity contribution is 0.0674. The maximum absolute atomic E-state index is 10.3. The van der Waals surface area contributed by atoms with E-state index in [2.05, 4.69) is 22.5 Å². The Labute approximate surface area is 125 Å². The fourth-order valence-corrected chi connectivity index (χ4v) is 3.76. The van der Waals surface area contributed by atoms with Crippen molar-refractivity contribution in [1.82, 2.24) is 10.6 Å². The standard InChI is InChI=1S/C14H27N3O2S/c1-2-15-13(16-9-12-3-6-19-7-4-12)17-10-14(18)5-8-20-11-14/h12,18H,2-11H2,1H3,(H2,15,16,17). The highest BCUT2D eigenvalue weighted by Gasteiger charge is 2.31. The summed E-state index contributed by atoms with van der Waals surface area (Å²) in [5, 5.41) is 17.0. The third kappa shape index (κ3) is 5.14. The molecule has 116 valence electrons. The average Bonchev–Trinajstić information content (AvgIpc) is 2.90. The molecular weight excluding hydrogens is 274 g/mol. The van der Waals surface area contributed by atoms with Crippen molar-refractivity contribution in [3.8, 4) is 0 Å². The summed E-state index contributed by atoms with van der Waals surface area (Å²) in [7, 11) is 0. The van der Waals surface area contributed by atoms with Crippen LogP contribution in [0.5, 0.6) is 0 Å². The van der Waals surface area contributed by atoms with Crippen LogP contribution in [-0.4, -0.2) is 61.0 Å². The van der Waals surface area contributed by atoms with Gasteiger partial charge in [-0.25, -0.2) is 0 Å². The number of hydrogen-bond donors (Lipinski definition) is 3. The molecule has 0 aromatic heterocycles. The lowest BCUT2D eigenvalue weighted by Crippen LogP contribution is -2.42. The number of nitrogens with one attached hydrogen (secondary N) is 2. The molecule has 2 saturated heterocycles. The molecule has 2 heterocycles. The SMILES string of the molecule is CCNC(=NCC1(O)CCSC1)NCC1CCOCC1. The minimum Gasteiger partial charge on any atom is -0.387 e. The molecule has 1 atom stereocenters. The van der Waals surface area contributed by atoms with Gasteiger partial charge in [0.1, 0.15) is 0 Å². The van der Waals surface area contributed by atoms with Crippen molar-refractivity contribution in [2.24, 2.45) is 10.9 Å². The smallest absolute Gasteiger partial charge is 0.191 e. The molecule has 2 aliphatic heterocycles. The van der Waals surface area contributed by atoms with Gasteiger partial charge in [0, 0.05) is 32.1 Å². The Bertz CT molecular complexity index is 314. The van der Waals surface area contributed by atoms with E-state index in [1.54, 1.807) is 0 Å². The van der Waals surface area contributed by atoms with Crippen molar-refractivity contribution < 1.29 is 9.84 Å². The minimum atomic E-state index is -0.605. The van der Waals surface area contributed by atoms with Crippen LogP contribution in [0.2, 0.25) is 0 Å². The molecule has 1 unspecified atom stereocenters. The summed E-state index contributed by atoms with van der Waals surface area (Å²) in [4.78, 5) is 4.55. The third-order valence-corrected chi connectivity index (χ3v) is 5.09. The second-order valence-corrected chi connectivity index (χ2v) is 6.76. The van der Waals surface area contributed by atoms with E-state index in [1.165, 1.54) is 0 Å². The quantitative estimate of drug-likeness (QED) is 0.519. The number of ether oxygens (including phenoxy) is 1. The lowest BCUT2D eigenvalue weighted by Gasteiger charge is -2.24. The van der Waals surface area contributed by atoms with Crippen LogP contribution < -0.4 is 10.6 Å².